The molecule has 3 nitrogen and oxygen atoms in total. The molecule has 3 heteroatoms. The molecule has 2 atom stereocenters. The molecule has 1 aliphatic heterocycles. The van der Waals surface area contributed by atoms with E-state index in [0.29, 0.717) is 17.9 Å². The second kappa shape index (κ2) is 6.68. The van der Waals surface area contributed by atoms with Gasteiger partial charge in [-0.15, -0.1) is 0 Å². The predicted molar refractivity (Wildman–Crippen MR) is 84.1 cm³/mol. The first-order valence-electron chi connectivity index (χ1n) is 9.07. The second-order valence-corrected chi connectivity index (χ2v) is 7.53. The molecule has 0 aromatic heterocycles. The fourth-order valence-electron chi connectivity index (χ4n) is 5.07. The molecule has 0 unspecified atom stereocenters. The quantitative estimate of drug-likeness (QED) is 0.725. The van der Waals surface area contributed by atoms with E-state index in [2.05, 4.69) is 4.90 Å². The Labute approximate surface area is 129 Å². The van der Waals surface area contributed by atoms with Crippen LogP contribution in [-0.2, 0) is 9.53 Å². The lowest BCUT2D eigenvalue weighted by Crippen LogP contribution is -2.51. The van der Waals surface area contributed by atoms with E-state index in [1.54, 1.807) is 0 Å². The van der Waals surface area contributed by atoms with Crippen LogP contribution < -0.4 is 0 Å². The Morgan fingerprint density at radius 2 is 1.71 bits per heavy atom. The van der Waals surface area contributed by atoms with Crippen molar-refractivity contribution < 1.29 is 9.53 Å². The highest BCUT2D eigenvalue weighted by Gasteiger charge is 2.47. The first-order chi connectivity index (χ1) is 10.2. The molecule has 3 aliphatic rings. The highest BCUT2D eigenvalue weighted by atomic mass is 16.5. The van der Waals surface area contributed by atoms with Gasteiger partial charge in [-0.25, -0.2) is 0 Å². The zero-order valence-corrected chi connectivity index (χ0v) is 13.6. The van der Waals surface area contributed by atoms with Gasteiger partial charge >= 0.3 is 0 Å². The van der Waals surface area contributed by atoms with Crippen LogP contribution in [0.1, 0.15) is 70.6 Å². The summed E-state index contributed by atoms with van der Waals surface area (Å²) >= 11 is 0. The van der Waals surface area contributed by atoms with Gasteiger partial charge in [-0.1, -0.05) is 32.1 Å². The lowest BCUT2D eigenvalue weighted by molar-refractivity contribution is -0.142. The third kappa shape index (κ3) is 3.13. The van der Waals surface area contributed by atoms with E-state index in [1.807, 2.05) is 7.11 Å². The number of rotatable bonds is 2. The monoisotopic (exact) mass is 293 g/mol. The lowest BCUT2D eigenvalue weighted by Gasteiger charge is -2.44. The van der Waals surface area contributed by atoms with Gasteiger partial charge in [-0.05, 0) is 38.5 Å². The SMILES string of the molecule is CO[C@@H]1CCC[C@@]12CCCN(C(=O)C1CCCCCC1)C2. The van der Waals surface area contributed by atoms with Crippen molar-refractivity contribution in [3.8, 4) is 0 Å². The van der Waals surface area contributed by atoms with E-state index in [0.717, 1.165) is 25.9 Å². The average molecular weight is 293 g/mol. The fraction of sp³-hybridized carbons (Fsp3) is 0.944. The predicted octanol–water partition coefficient (Wildman–Crippen LogP) is 3.76. The van der Waals surface area contributed by atoms with Gasteiger partial charge < -0.3 is 9.64 Å². The summed E-state index contributed by atoms with van der Waals surface area (Å²) in [6.45, 7) is 1.94. The number of nitrogens with zero attached hydrogens (tertiary/aromatic N) is 1. The second-order valence-electron chi connectivity index (χ2n) is 7.53. The Morgan fingerprint density at radius 1 is 1.00 bits per heavy atom. The summed E-state index contributed by atoms with van der Waals surface area (Å²) in [6.07, 6.45) is 13.9. The van der Waals surface area contributed by atoms with Gasteiger partial charge in [0.05, 0.1) is 6.10 Å². The molecule has 21 heavy (non-hydrogen) atoms. The molecule has 0 bridgehead atoms. The molecule has 0 radical (unpaired) electrons. The maximum atomic E-state index is 12.9. The van der Waals surface area contributed by atoms with E-state index in [-0.39, 0.29) is 5.41 Å². The van der Waals surface area contributed by atoms with Crippen molar-refractivity contribution in [3.63, 3.8) is 0 Å². The first kappa shape index (κ1) is 15.3. The van der Waals surface area contributed by atoms with E-state index >= 15 is 0 Å². The molecule has 1 spiro atoms. The summed E-state index contributed by atoms with van der Waals surface area (Å²) in [6, 6.07) is 0. The summed E-state index contributed by atoms with van der Waals surface area (Å²) in [4.78, 5) is 15.1. The normalized spacial score (nSPS) is 35.1. The van der Waals surface area contributed by atoms with Gasteiger partial charge in [0.2, 0.25) is 5.91 Å². The largest absolute Gasteiger partial charge is 0.381 e. The Balaban J connectivity index is 1.66. The van der Waals surface area contributed by atoms with Crippen LogP contribution in [-0.4, -0.2) is 37.1 Å². The first-order valence-corrected chi connectivity index (χ1v) is 9.07. The van der Waals surface area contributed by atoms with Gasteiger partial charge in [-0.2, -0.15) is 0 Å². The van der Waals surface area contributed by atoms with Gasteiger partial charge in [0.1, 0.15) is 0 Å². The van der Waals surface area contributed by atoms with Crippen molar-refractivity contribution in [2.75, 3.05) is 20.2 Å². The smallest absolute Gasteiger partial charge is 0.225 e. The molecule has 3 rings (SSSR count). The van der Waals surface area contributed by atoms with Crippen molar-refractivity contribution in [1.29, 1.82) is 0 Å². The molecule has 0 aromatic carbocycles. The van der Waals surface area contributed by atoms with Crippen LogP contribution in [0.5, 0.6) is 0 Å². The van der Waals surface area contributed by atoms with Gasteiger partial charge in [-0.3, -0.25) is 4.79 Å². The molecule has 2 saturated carbocycles. The molecular weight excluding hydrogens is 262 g/mol. The summed E-state index contributed by atoms with van der Waals surface area (Å²) in [5.74, 6) is 0.766. The van der Waals surface area contributed by atoms with Crippen LogP contribution in [0.2, 0.25) is 0 Å². The minimum Gasteiger partial charge on any atom is -0.381 e. The van der Waals surface area contributed by atoms with Crippen molar-refractivity contribution in [3.05, 3.63) is 0 Å². The number of piperidine rings is 1. The zero-order valence-electron chi connectivity index (χ0n) is 13.6. The van der Waals surface area contributed by atoms with Crippen molar-refractivity contribution in [2.45, 2.75) is 76.7 Å². The minimum atomic E-state index is 0.271. The lowest BCUT2D eigenvalue weighted by atomic mass is 9.76. The van der Waals surface area contributed by atoms with Crippen molar-refractivity contribution in [2.24, 2.45) is 11.3 Å². The summed E-state index contributed by atoms with van der Waals surface area (Å²) in [5.41, 5.74) is 0.271. The van der Waals surface area contributed by atoms with Crippen LogP contribution >= 0.6 is 0 Å². The number of carbonyl (C=O) groups excluding carboxylic acids is 1. The number of amides is 1. The van der Waals surface area contributed by atoms with Crippen molar-refractivity contribution in [1.82, 2.24) is 4.90 Å². The van der Waals surface area contributed by atoms with E-state index in [4.69, 9.17) is 4.74 Å². The maximum absolute atomic E-state index is 12.9. The molecule has 1 heterocycles. The fourth-order valence-corrected chi connectivity index (χ4v) is 5.07. The maximum Gasteiger partial charge on any atom is 0.225 e. The Bertz CT molecular complexity index is 362. The third-order valence-corrected chi connectivity index (χ3v) is 6.23. The molecule has 2 aliphatic carbocycles. The highest BCUT2D eigenvalue weighted by Crippen LogP contribution is 2.46. The molecule has 1 amide bonds. The highest BCUT2D eigenvalue weighted by molar-refractivity contribution is 5.79. The van der Waals surface area contributed by atoms with E-state index in [1.165, 1.54) is 57.8 Å². The Hall–Kier alpha value is -0.570. The van der Waals surface area contributed by atoms with Crippen LogP contribution in [0.4, 0.5) is 0 Å². The van der Waals surface area contributed by atoms with Crippen LogP contribution in [0.3, 0.4) is 0 Å². The number of carbonyl (C=O) groups is 1. The number of likely N-dealkylation sites (tertiary alicyclic amines) is 1. The van der Waals surface area contributed by atoms with E-state index < -0.39 is 0 Å². The topological polar surface area (TPSA) is 29.5 Å². The summed E-state index contributed by atoms with van der Waals surface area (Å²) in [5, 5.41) is 0. The van der Waals surface area contributed by atoms with Crippen molar-refractivity contribution >= 4 is 5.91 Å². The third-order valence-electron chi connectivity index (χ3n) is 6.23. The van der Waals surface area contributed by atoms with Gasteiger partial charge in [0, 0.05) is 31.5 Å². The van der Waals surface area contributed by atoms with Crippen LogP contribution in [0.25, 0.3) is 0 Å². The molecule has 0 N–H and O–H groups in total. The molecule has 120 valence electrons. The Morgan fingerprint density at radius 3 is 2.43 bits per heavy atom. The van der Waals surface area contributed by atoms with Gasteiger partial charge in [0.25, 0.3) is 0 Å². The van der Waals surface area contributed by atoms with Crippen LogP contribution in [0, 0.1) is 11.3 Å². The number of methoxy groups -OCH3 is 1. The molecule has 0 aromatic rings. The molecular formula is C18H31NO2. The summed E-state index contributed by atoms with van der Waals surface area (Å²) in [7, 11) is 1.85. The average Bonchev–Trinajstić information content (AvgIpc) is 2.73. The van der Waals surface area contributed by atoms with Crippen LogP contribution in [0.15, 0.2) is 0 Å². The zero-order chi connectivity index (χ0) is 14.7. The molecule has 3 fully saturated rings. The standard InChI is InChI=1S/C18H31NO2/c1-21-16-10-6-11-18(16)12-7-13-19(14-18)17(20)15-8-4-2-3-5-9-15/h15-16H,2-14H2,1H3/t16-,18+/m1/s1. The number of hydrogen-bond acceptors (Lipinski definition) is 2. The number of hydrogen-bond donors (Lipinski definition) is 0. The van der Waals surface area contributed by atoms with Gasteiger partial charge in [0.15, 0.2) is 0 Å². The summed E-state index contributed by atoms with van der Waals surface area (Å²) < 4.78 is 5.76. The Kier molecular flexibility index (Phi) is 4.88. The number of ether oxygens (including phenoxy) is 1. The molecule has 1 saturated heterocycles. The minimum absolute atomic E-state index is 0.271. The van der Waals surface area contributed by atoms with E-state index in [9.17, 15) is 4.79 Å².